The fourth-order valence-corrected chi connectivity index (χ4v) is 4.26. The number of methoxy groups -OCH3 is 1. The van der Waals surface area contributed by atoms with Gasteiger partial charge in [0, 0.05) is 11.6 Å². The first-order valence-electron chi connectivity index (χ1n) is 11.4. The SMILES string of the molecule is COC(=O)c1c(Oc2c(C)cc(C)cc2C)cc(C)c(C(=O)OC(C)C)c1-c1ccccc1[N+](=O)[O-]. The van der Waals surface area contributed by atoms with Gasteiger partial charge in [0.15, 0.2) is 0 Å². The van der Waals surface area contributed by atoms with Crippen molar-refractivity contribution >= 4 is 17.6 Å². The lowest BCUT2D eigenvalue weighted by Gasteiger charge is -2.21. The van der Waals surface area contributed by atoms with Gasteiger partial charge < -0.3 is 14.2 Å². The number of carbonyl (C=O) groups excluding carboxylic acids is 2. The molecule has 8 nitrogen and oxygen atoms in total. The molecule has 0 spiro atoms. The fourth-order valence-electron chi connectivity index (χ4n) is 4.26. The topological polar surface area (TPSA) is 105 Å². The van der Waals surface area contributed by atoms with E-state index in [1.165, 1.54) is 25.3 Å². The summed E-state index contributed by atoms with van der Waals surface area (Å²) in [6, 6.07) is 11.4. The predicted octanol–water partition coefficient (Wildman–Crippen LogP) is 6.64. The predicted molar refractivity (Wildman–Crippen MR) is 136 cm³/mol. The molecular formula is C28H29NO7. The lowest BCUT2D eigenvalue weighted by Crippen LogP contribution is -2.18. The number of para-hydroxylation sites is 1. The van der Waals surface area contributed by atoms with Crippen molar-refractivity contribution < 1.29 is 28.7 Å². The molecule has 36 heavy (non-hydrogen) atoms. The smallest absolute Gasteiger partial charge is 0.342 e. The second-order valence-electron chi connectivity index (χ2n) is 8.87. The van der Waals surface area contributed by atoms with Gasteiger partial charge in [0.1, 0.15) is 17.1 Å². The third kappa shape index (κ3) is 5.22. The molecule has 0 aliphatic heterocycles. The van der Waals surface area contributed by atoms with Gasteiger partial charge in [0.05, 0.1) is 29.3 Å². The molecule has 3 rings (SSSR count). The van der Waals surface area contributed by atoms with E-state index in [1.54, 1.807) is 32.9 Å². The van der Waals surface area contributed by atoms with Crippen LogP contribution in [0.25, 0.3) is 11.1 Å². The quantitative estimate of drug-likeness (QED) is 0.207. The van der Waals surface area contributed by atoms with Crippen LogP contribution in [-0.4, -0.2) is 30.1 Å². The van der Waals surface area contributed by atoms with Gasteiger partial charge in [-0.3, -0.25) is 10.1 Å². The molecule has 188 valence electrons. The number of nitro benzene ring substituents is 1. The average Bonchev–Trinajstić information content (AvgIpc) is 2.79. The summed E-state index contributed by atoms with van der Waals surface area (Å²) >= 11 is 0. The summed E-state index contributed by atoms with van der Waals surface area (Å²) in [5, 5.41) is 11.9. The maximum Gasteiger partial charge on any atom is 0.342 e. The van der Waals surface area contributed by atoms with Crippen LogP contribution in [0.4, 0.5) is 5.69 Å². The van der Waals surface area contributed by atoms with E-state index in [9.17, 15) is 19.7 Å². The van der Waals surface area contributed by atoms with Crippen LogP contribution in [0.5, 0.6) is 11.5 Å². The molecule has 0 saturated heterocycles. The van der Waals surface area contributed by atoms with Crippen molar-refractivity contribution in [3.05, 3.63) is 86.0 Å². The molecular weight excluding hydrogens is 462 g/mol. The van der Waals surface area contributed by atoms with Crippen molar-refractivity contribution in [2.75, 3.05) is 7.11 Å². The number of hydrogen-bond acceptors (Lipinski definition) is 7. The first kappa shape index (κ1) is 26.4. The fraction of sp³-hybridized carbons (Fsp3) is 0.286. The number of hydrogen-bond donors (Lipinski definition) is 0. The second kappa shape index (κ2) is 10.6. The molecule has 0 aliphatic carbocycles. The Morgan fingerprint density at radius 1 is 0.889 bits per heavy atom. The van der Waals surface area contributed by atoms with Crippen LogP contribution in [0, 0.1) is 37.8 Å². The average molecular weight is 492 g/mol. The van der Waals surface area contributed by atoms with E-state index < -0.39 is 23.0 Å². The van der Waals surface area contributed by atoms with Gasteiger partial charge in [-0.1, -0.05) is 29.8 Å². The molecule has 0 fully saturated rings. The molecule has 0 heterocycles. The van der Waals surface area contributed by atoms with Gasteiger partial charge in [-0.05, 0) is 70.4 Å². The third-order valence-electron chi connectivity index (χ3n) is 5.61. The zero-order valence-electron chi connectivity index (χ0n) is 21.4. The minimum absolute atomic E-state index is 0.0252. The highest BCUT2D eigenvalue weighted by Crippen LogP contribution is 2.43. The minimum Gasteiger partial charge on any atom is -0.465 e. The standard InChI is InChI=1S/C28H29NO7/c1-15(2)35-28(31)23-17(4)14-22(36-26-18(5)12-16(3)13-19(26)6)25(27(30)34-7)24(23)20-10-8-9-11-21(20)29(32)33/h8-15H,1-7H3. The van der Waals surface area contributed by atoms with Crippen molar-refractivity contribution in [3.63, 3.8) is 0 Å². The molecule has 3 aromatic carbocycles. The van der Waals surface area contributed by atoms with E-state index >= 15 is 0 Å². The number of benzene rings is 3. The largest absolute Gasteiger partial charge is 0.465 e. The normalized spacial score (nSPS) is 10.8. The Morgan fingerprint density at radius 2 is 1.50 bits per heavy atom. The first-order chi connectivity index (χ1) is 17.0. The van der Waals surface area contributed by atoms with Gasteiger partial charge in [-0.2, -0.15) is 0 Å². The zero-order valence-corrected chi connectivity index (χ0v) is 21.4. The van der Waals surface area contributed by atoms with Gasteiger partial charge in [-0.15, -0.1) is 0 Å². The Hall–Kier alpha value is -4.20. The molecule has 3 aromatic rings. The summed E-state index contributed by atoms with van der Waals surface area (Å²) in [7, 11) is 1.20. The van der Waals surface area contributed by atoms with E-state index in [0.29, 0.717) is 11.3 Å². The number of rotatable bonds is 7. The first-order valence-corrected chi connectivity index (χ1v) is 11.4. The summed E-state index contributed by atoms with van der Waals surface area (Å²) in [6.07, 6.45) is -0.453. The monoisotopic (exact) mass is 491 g/mol. The van der Waals surface area contributed by atoms with Gasteiger partial charge >= 0.3 is 11.9 Å². The second-order valence-corrected chi connectivity index (χ2v) is 8.87. The molecule has 0 saturated carbocycles. The third-order valence-corrected chi connectivity index (χ3v) is 5.61. The molecule has 0 unspecified atom stereocenters. The highest BCUT2D eigenvalue weighted by atomic mass is 16.6. The highest BCUT2D eigenvalue weighted by molar-refractivity contribution is 6.10. The number of ether oxygens (including phenoxy) is 3. The van der Waals surface area contributed by atoms with Gasteiger partial charge in [0.25, 0.3) is 5.69 Å². The van der Waals surface area contributed by atoms with Crippen molar-refractivity contribution in [1.29, 1.82) is 0 Å². The van der Waals surface area contributed by atoms with Crippen molar-refractivity contribution in [3.8, 4) is 22.6 Å². The minimum atomic E-state index is -0.806. The summed E-state index contributed by atoms with van der Waals surface area (Å²) in [5.74, 6) is -0.867. The van der Waals surface area contributed by atoms with Crippen molar-refractivity contribution in [2.45, 2.75) is 47.6 Å². The van der Waals surface area contributed by atoms with E-state index in [2.05, 4.69) is 0 Å². The maximum absolute atomic E-state index is 13.2. The summed E-state index contributed by atoms with van der Waals surface area (Å²) in [5.41, 5.74) is 2.92. The van der Waals surface area contributed by atoms with Crippen LogP contribution in [-0.2, 0) is 9.47 Å². The van der Waals surface area contributed by atoms with Gasteiger partial charge in [0.2, 0.25) is 0 Å². The zero-order chi connectivity index (χ0) is 26.7. The summed E-state index contributed by atoms with van der Waals surface area (Å²) in [4.78, 5) is 37.8. The van der Waals surface area contributed by atoms with E-state index in [0.717, 1.165) is 16.7 Å². The molecule has 0 radical (unpaired) electrons. The Kier molecular flexibility index (Phi) is 7.77. The van der Waals surface area contributed by atoms with Crippen LogP contribution in [0.1, 0.15) is 56.8 Å². The Balaban J connectivity index is 2.46. The van der Waals surface area contributed by atoms with Crippen molar-refractivity contribution in [2.24, 2.45) is 0 Å². The molecule has 0 amide bonds. The molecule has 0 N–H and O–H groups in total. The molecule has 8 heteroatoms. The van der Waals surface area contributed by atoms with Crippen LogP contribution in [0.2, 0.25) is 0 Å². The van der Waals surface area contributed by atoms with E-state index in [1.807, 2.05) is 32.9 Å². The van der Waals surface area contributed by atoms with Crippen LogP contribution < -0.4 is 4.74 Å². The molecule has 0 bridgehead atoms. The summed E-state index contributed by atoms with van der Waals surface area (Å²) < 4.78 is 16.8. The number of nitro groups is 1. The summed E-state index contributed by atoms with van der Waals surface area (Å²) in [6.45, 7) is 10.8. The van der Waals surface area contributed by atoms with Crippen LogP contribution >= 0.6 is 0 Å². The number of carbonyl (C=O) groups is 2. The lowest BCUT2D eigenvalue weighted by molar-refractivity contribution is -0.384. The number of nitrogens with zero attached hydrogens (tertiary/aromatic N) is 1. The van der Waals surface area contributed by atoms with E-state index in [-0.39, 0.29) is 33.7 Å². The van der Waals surface area contributed by atoms with Crippen molar-refractivity contribution in [1.82, 2.24) is 0 Å². The Labute approximate surface area is 210 Å². The number of aryl methyl sites for hydroxylation is 4. The van der Waals surface area contributed by atoms with E-state index in [4.69, 9.17) is 14.2 Å². The molecule has 0 aliphatic rings. The lowest BCUT2D eigenvalue weighted by atomic mass is 9.89. The van der Waals surface area contributed by atoms with Gasteiger partial charge in [-0.25, -0.2) is 9.59 Å². The Bertz CT molecular complexity index is 1340. The number of esters is 2. The highest BCUT2D eigenvalue weighted by Gasteiger charge is 2.32. The van der Waals surface area contributed by atoms with Crippen LogP contribution in [0.15, 0.2) is 42.5 Å². The maximum atomic E-state index is 13.2. The van der Waals surface area contributed by atoms with Crippen LogP contribution in [0.3, 0.4) is 0 Å². The molecule has 0 atom stereocenters. The molecule has 0 aromatic heterocycles. The Morgan fingerprint density at radius 3 is 2.06 bits per heavy atom.